The molecule has 1 atom stereocenters. The summed E-state index contributed by atoms with van der Waals surface area (Å²) >= 11 is 0. The van der Waals surface area contributed by atoms with Gasteiger partial charge < -0.3 is 10.5 Å². The predicted octanol–water partition coefficient (Wildman–Crippen LogP) is 5.35. The topological polar surface area (TPSA) is 52.3 Å². The molecule has 0 aromatic carbocycles. The number of carbonyl (C=O) groups is 1. The molecule has 0 heterocycles. The molecule has 0 aliphatic carbocycles. The standard InChI is InChI=1S/C21H43NO2.Na.H/c1-4-5-6-7-8-9-10-11-12-13-14-15-16-17-18-24-21(23)20(22)19(2)3;;/h19-20H,4-18,22H2,1-3H3;;/t20-;;/m0../s1. The number of rotatable bonds is 17. The van der Waals surface area contributed by atoms with E-state index in [2.05, 4.69) is 6.92 Å². The fourth-order valence-corrected chi connectivity index (χ4v) is 2.84. The SMILES string of the molecule is CCCCCCCCCCCCCCCCOC(=O)[C@@H](N)C(C)C.[NaH]. The summed E-state index contributed by atoms with van der Waals surface area (Å²) in [6.07, 6.45) is 18.7. The van der Waals surface area contributed by atoms with Crippen LogP contribution in [0.25, 0.3) is 0 Å². The van der Waals surface area contributed by atoms with Crippen molar-refractivity contribution in [2.24, 2.45) is 11.7 Å². The molecule has 0 fully saturated rings. The van der Waals surface area contributed by atoms with E-state index in [4.69, 9.17) is 10.5 Å². The molecular formula is C21H44NNaO2. The molecule has 4 heteroatoms. The molecule has 0 amide bonds. The average Bonchev–Trinajstić information content (AvgIpc) is 2.57. The van der Waals surface area contributed by atoms with Gasteiger partial charge in [0.25, 0.3) is 0 Å². The van der Waals surface area contributed by atoms with Crippen molar-refractivity contribution in [2.75, 3.05) is 6.61 Å². The minimum absolute atomic E-state index is 0. The van der Waals surface area contributed by atoms with Crippen LogP contribution in [0.1, 0.15) is 111 Å². The van der Waals surface area contributed by atoms with E-state index in [1.807, 2.05) is 13.8 Å². The van der Waals surface area contributed by atoms with E-state index in [9.17, 15) is 4.79 Å². The van der Waals surface area contributed by atoms with Crippen LogP contribution in [0.4, 0.5) is 0 Å². The van der Waals surface area contributed by atoms with Crippen LogP contribution in [0.15, 0.2) is 0 Å². The maximum absolute atomic E-state index is 11.6. The van der Waals surface area contributed by atoms with Gasteiger partial charge in [0, 0.05) is 0 Å². The Labute approximate surface area is 179 Å². The van der Waals surface area contributed by atoms with Gasteiger partial charge in [-0.2, -0.15) is 0 Å². The average molecular weight is 366 g/mol. The number of unbranched alkanes of at least 4 members (excludes halogenated alkanes) is 13. The summed E-state index contributed by atoms with van der Waals surface area (Å²) in [6.45, 7) is 6.68. The van der Waals surface area contributed by atoms with Gasteiger partial charge in [-0.3, -0.25) is 4.79 Å². The molecule has 25 heavy (non-hydrogen) atoms. The van der Waals surface area contributed by atoms with Crippen LogP contribution in [0.2, 0.25) is 0 Å². The van der Waals surface area contributed by atoms with Crippen LogP contribution >= 0.6 is 0 Å². The summed E-state index contributed by atoms with van der Waals surface area (Å²) in [7, 11) is 0. The number of nitrogens with two attached hydrogens (primary N) is 1. The monoisotopic (exact) mass is 365 g/mol. The van der Waals surface area contributed by atoms with Crippen molar-refractivity contribution < 1.29 is 9.53 Å². The quantitative estimate of drug-likeness (QED) is 0.215. The first-order valence-corrected chi connectivity index (χ1v) is 10.5. The van der Waals surface area contributed by atoms with Gasteiger partial charge in [-0.05, 0) is 12.3 Å². The van der Waals surface area contributed by atoms with Crippen LogP contribution in [-0.4, -0.2) is 48.2 Å². The molecule has 0 unspecified atom stereocenters. The Hall–Kier alpha value is 0.430. The van der Waals surface area contributed by atoms with Gasteiger partial charge >= 0.3 is 35.5 Å². The molecule has 0 aliphatic heterocycles. The van der Waals surface area contributed by atoms with Crippen molar-refractivity contribution in [1.29, 1.82) is 0 Å². The molecule has 0 saturated heterocycles. The van der Waals surface area contributed by atoms with Crippen LogP contribution < -0.4 is 5.73 Å². The van der Waals surface area contributed by atoms with E-state index in [0.29, 0.717) is 6.61 Å². The van der Waals surface area contributed by atoms with Crippen LogP contribution in [0.5, 0.6) is 0 Å². The second-order valence-corrected chi connectivity index (χ2v) is 7.53. The second-order valence-electron chi connectivity index (χ2n) is 7.53. The maximum atomic E-state index is 11.6. The Morgan fingerprint density at radius 3 is 1.48 bits per heavy atom. The van der Waals surface area contributed by atoms with E-state index < -0.39 is 6.04 Å². The van der Waals surface area contributed by atoms with Crippen molar-refractivity contribution in [3.8, 4) is 0 Å². The first kappa shape index (κ1) is 27.6. The van der Waals surface area contributed by atoms with Crippen molar-refractivity contribution >= 4 is 35.5 Å². The zero-order valence-corrected chi connectivity index (χ0v) is 16.7. The summed E-state index contributed by atoms with van der Waals surface area (Å²) in [5.41, 5.74) is 5.75. The molecule has 0 aliphatic rings. The van der Waals surface area contributed by atoms with Gasteiger partial charge in [-0.25, -0.2) is 0 Å². The Bertz CT molecular complexity index is 285. The third-order valence-corrected chi connectivity index (χ3v) is 4.73. The molecule has 0 rings (SSSR count). The molecule has 0 aromatic rings. The number of ether oxygens (including phenoxy) is 1. The Morgan fingerprint density at radius 1 is 0.760 bits per heavy atom. The van der Waals surface area contributed by atoms with Crippen LogP contribution in [0.3, 0.4) is 0 Å². The third-order valence-electron chi connectivity index (χ3n) is 4.73. The van der Waals surface area contributed by atoms with E-state index in [0.717, 1.165) is 12.8 Å². The van der Waals surface area contributed by atoms with Crippen molar-refractivity contribution in [3.63, 3.8) is 0 Å². The summed E-state index contributed by atoms with van der Waals surface area (Å²) in [6, 6.07) is -0.475. The summed E-state index contributed by atoms with van der Waals surface area (Å²) < 4.78 is 5.21. The number of esters is 1. The molecule has 2 N–H and O–H groups in total. The van der Waals surface area contributed by atoms with Crippen molar-refractivity contribution in [1.82, 2.24) is 0 Å². The fraction of sp³-hybridized carbons (Fsp3) is 0.952. The van der Waals surface area contributed by atoms with Crippen LogP contribution in [-0.2, 0) is 9.53 Å². The van der Waals surface area contributed by atoms with Gasteiger partial charge in [0.15, 0.2) is 0 Å². The normalized spacial score (nSPS) is 12.0. The van der Waals surface area contributed by atoms with E-state index in [1.165, 1.54) is 77.0 Å². The predicted molar refractivity (Wildman–Crippen MR) is 111 cm³/mol. The van der Waals surface area contributed by atoms with Gasteiger partial charge in [0.2, 0.25) is 0 Å². The molecule has 0 aromatic heterocycles. The van der Waals surface area contributed by atoms with Crippen LogP contribution in [0, 0.1) is 5.92 Å². The van der Waals surface area contributed by atoms with E-state index in [-0.39, 0.29) is 41.4 Å². The Kier molecular flexibility index (Phi) is 22.9. The second kappa shape index (κ2) is 20.7. The van der Waals surface area contributed by atoms with Crippen molar-refractivity contribution in [2.45, 2.75) is 117 Å². The molecule has 0 spiro atoms. The first-order valence-electron chi connectivity index (χ1n) is 10.5. The molecule has 0 radical (unpaired) electrons. The number of hydrogen-bond donors (Lipinski definition) is 1. The van der Waals surface area contributed by atoms with Gasteiger partial charge in [-0.1, -0.05) is 104 Å². The van der Waals surface area contributed by atoms with Gasteiger partial charge in [0.05, 0.1) is 6.61 Å². The van der Waals surface area contributed by atoms with E-state index >= 15 is 0 Å². The summed E-state index contributed by atoms with van der Waals surface area (Å²) in [5.74, 6) is -0.103. The summed E-state index contributed by atoms with van der Waals surface area (Å²) in [4.78, 5) is 11.6. The van der Waals surface area contributed by atoms with Gasteiger partial charge in [-0.15, -0.1) is 0 Å². The van der Waals surface area contributed by atoms with Crippen molar-refractivity contribution in [3.05, 3.63) is 0 Å². The Morgan fingerprint density at radius 2 is 1.12 bits per heavy atom. The van der Waals surface area contributed by atoms with Gasteiger partial charge in [0.1, 0.15) is 6.04 Å². The number of carbonyl (C=O) groups excluding carboxylic acids is 1. The molecule has 0 saturated carbocycles. The zero-order chi connectivity index (χ0) is 18.0. The molecule has 3 nitrogen and oxygen atoms in total. The minimum atomic E-state index is -0.475. The number of hydrogen-bond acceptors (Lipinski definition) is 3. The third kappa shape index (κ3) is 19.0. The Balaban J connectivity index is 0. The molecular weight excluding hydrogens is 321 g/mol. The molecule has 0 bridgehead atoms. The van der Waals surface area contributed by atoms with E-state index in [1.54, 1.807) is 0 Å². The fourth-order valence-electron chi connectivity index (χ4n) is 2.84. The summed E-state index contributed by atoms with van der Waals surface area (Å²) in [5, 5.41) is 0. The molecule has 146 valence electrons. The zero-order valence-electron chi connectivity index (χ0n) is 16.7. The first-order chi connectivity index (χ1) is 11.6.